The van der Waals surface area contributed by atoms with Crippen LogP contribution in [0, 0.1) is 29.1 Å². The van der Waals surface area contributed by atoms with Crippen molar-refractivity contribution >= 4 is 11.4 Å². The van der Waals surface area contributed by atoms with Crippen LogP contribution in [0.4, 0.5) is 27.6 Å². The monoisotopic (exact) mass is 236 g/mol. The van der Waals surface area contributed by atoms with Gasteiger partial charge in [-0.15, -0.1) is 0 Å². The number of benzene rings is 1. The van der Waals surface area contributed by atoms with Gasteiger partial charge < -0.3 is 0 Å². The Morgan fingerprint density at radius 3 is 1.62 bits per heavy atom. The minimum absolute atomic E-state index is 0.615. The Morgan fingerprint density at radius 2 is 1.19 bits per heavy atom. The number of nitrogens with one attached hydrogen (secondary N) is 1. The maximum Gasteiger partial charge on any atom is 0.200 e. The molecule has 0 aliphatic heterocycles. The number of hydrazone groups is 1. The number of rotatable bonds is 2. The van der Waals surface area contributed by atoms with Crippen molar-refractivity contribution in [3.63, 3.8) is 0 Å². The molecular weight excluding hydrogens is 231 g/mol. The summed E-state index contributed by atoms with van der Waals surface area (Å²) in [6.45, 7) is 0. The number of hydrogen-bond donors (Lipinski definition) is 1. The Labute approximate surface area is 86.8 Å². The molecule has 1 N–H and O–H groups in total. The van der Waals surface area contributed by atoms with Crippen molar-refractivity contribution in [2.75, 3.05) is 5.43 Å². The fraction of sp³-hybridized carbons (Fsp3) is 0.222. The van der Waals surface area contributed by atoms with Gasteiger partial charge in [-0.2, -0.15) is 5.10 Å². The maximum absolute atomic E-state index is 13.0. The molecule has 16 heavy (non-hydrogen) atoms. The van der Waals surface area contributed by atoms with E-state index in [4.69, 9.17) is 0 Å². The predicted octanol–water partition coefficient (Wildman–Crippen LogP) is 2.94. The van der Waals surface area contributed by atoms with Gasteiger partial charge in [0.1, 0.15) is 5.69 Å². The molecule has 2 rings (SSSR count). The summed E-state index contributed by atoms with van der Waals surface area (Å²) in [5.41, 5.74) is 1.33. The van der Waals surface area contributed by atoms with Crippen molar-refractivity contribution in [2.24, 2.45) is 5.10 Å². The Hall–Kier alpha value is -1.66. The van der Waals surface area contributed by atoms with Gasteiger partial charge in [0.15, 0.2) is 23.3 Å². The van der Waals surface area contributed by atoms with E-state index in [2.05, 4.69) is 5.10 Å². The number of hydrogen-bond acceptors (Lipinski definition) is 2. The zero-order valence-corrected chi connectivity index (χ0v) is 7.75. The predicted molar refractivity (Wildman–Crippen MR) is 46.5 cm³/mol. The maximum atomic E-state index is 13.0. The minimum atomic E-state index is -2.18. The Kier molecular flexibility index (Phi) is 2.53. The van der Waals surface area contributed by atoms with Crippen LogP contribution in [-0.2, 0) is 0 Å². The summed E-state index contributed by atoms with van der Waals surface area (Å²) in [5, 5.41) is 3.47. The SMILES string of the molecule is Fc1c(F)c(F)c(NN=C2CC2)c(F)c1F. The molecule has 0 amide bonds. The zero-order chi connectivity index (χ0) is 11.9. The third-order valence-electron chi connectivity index (χ3n) is 2.01. The quantitative estimate of drug-likeness (QED) is 0.363. The summed E-state index contributed by atoms with van der Waals surface area (Å²) < 4.78 is 64.0. The molecule has 1 fully saturated rings. The molecule has 1 saturated carbocycles. The Balaban J connectivity index is 2.46. The number of anilines is 1. The fourth-order valence-electron chi connectivity index (χ4n) is 1.01. The van der Waals surface area contributed by atoms with Gasteiger partial charge in [0, 0.05) is 5.71 Å². The fourth-order valence-corrected chi connectivity index (χ4v) is 1.01. The van der Waals surface area contributed by atoms with E-state index in [1.165, 1.54) is 0 Å². The van der Waals surface area contributed by atoms with Crippen molar-refractivity contribution in [3.05, 3.63) is 29.1 Å². The summed E-state index contributed by atoms with van der Waals surface area (Å²) in [6, 6.07) is 0. The molecule has 0 aromatic heterocycles. The normalized spacial score (nSPS) is 13.9. The summed E-state index contributed by atoms with van der Waals surface area (Å²) >= 11 is 0. The Morgan fingerprint density at radius 1 is 0.750 bits per heavy atom. The van der Waals surface area contributed by atoms with Crippen LogP contribution in [0.3, 0.4) is 0 Å². The third-order valence-corrected chi connectivity index (χ3v) is 2.01. The zero-order valence-electron chi connectivity index (χ0n) is 7.75. The highest BCUT2D eigenvalue weighted by Crippen LogP contribution is 2.27. The molecule has 0 bridgehead atoms. The molecular formula is C9H5F5N2. The first kappa shape index (κ1) is 10.8. The topological polar surface area (TPSA) is 24.4 Å². The van der Waals surface area contributed by atoms with E-state index in [1.54, 1.807) is 0 Å². The molecule has 0 saturated heterocycles. The van der Waals surface area contributed by atoms with Crippen LogP contribution in [0.2, 0.25) is 0 Å². The van der Waals surface area contributed by atoms with Crippen LogP contribution in [0.1, 0.15) is 12.8 Å². The van der Waals surface area contributed by atoms with Crippen LogP contribution in [0.25, 0.3) is 0 Å². The van der Waals surface area contributed by atoms with Gasteiger partial charge in [-0.25, -0.2) is 22.0 Å². The van der Waals surface area contributed by atoms with E-state index in [1.807, 2.05) is 5.43 Å². The highest BCUT2D eigenvalue weighted by molar-refractivity contribution is 5.98. The molecule has 1 aliphatic carbocycles. The Bertz CT molecular complexity index is 448. The lowest BCUT2D eigenvalue weighted by molar-refractivity contribution is 0.381. The highest BCUT2D eigenvalue weighted by atomic mass is 19.2. The van der Waals surface area contributed by atoms with Crippen LogP contribution < -0.4 is 5.43 Å². The van der Waals surface area contributed by atoms with Crippen LogP contribution >= 0.6 is 0 Å². The largest absolute Gasteiger partial charge is 0.272 e. The van der Waals surface area contributed by atoms with Crippen molar-refractivity contribution in [3.8, 4) is 0 Å². The van der Waals surface area contributed by atoms with E-state index >= 15 is 0 Å². The van der Waals surface area contributed by atoms with Crippen LogP contribution in [-0.4, -0.2) is 5.71 Å². The third kappa shape index (κ3) is 1.72. The average Bonchev–Trinajstić information content (AvgIpc) is 3.07. The smallest absolute Gasteiger partial charge is 0.200 e. The first-order chi connectivity index (χ1) is 7.52. The summed E-state index contributed by atoms with van der Waals surface area (Å²) in [7, 11) is 0. The second kappa shape index (κ2) is 3.73. The first-order valence-electron chi connectivity index (χ1n) is 4.35. The second-order valence-electron chi connectivity index (χ2n) is 3.23. The molecule has 1 aromatic carbocycles. The molecule has 1 aliphatic rings. The standard InChI is InChI=1S/C9H5F5N2/c10-4-5(11)7(13)9(8(14)6(4)12)16-15-3-1-2-3/h16H,1-2H2. The van der Waals surface area contributed by atoms with E-state index in [-0.39, 0.29) is 0 Å². The van der Waals surface area contributed by atoms with Crippen molar-refractivity contribution in [1.82, 2.24) is 0 Å². The van der Waals surface area contributed by atoms with Crippen molar-refractivity contribution in [1.29, 1.82) is 0 Å². The van der Waals surface area contributed by atoms with E-state index in [9.17, 15) is 22.0 Å². The van der Waals surface area contributed by atoms with Gasteiger partial charge in [0.25, 0.3) is 0 Å². The lowest BCUT2D eigenvalue weighted by Gasteiger charge is -2.06. The highest BCUT2D eigenvalue weighted by Gasteiger charge is 2.26. The van der Waals surface area contributed by atoms with Gasteiger partial charge in [0.05, 0.1) is 0 Å². The molecule has 2 nitrogen and oxygen atoms in total. The molecule has 86 valence electrons. The first-order valence-corrected chi connectivity index (χ1v) is 4.35. The summed E-state index contributed by atoms with van der Waals surface area (Å²) in [5.74, 6) is -9.99. The lowest BCUT2D eigenvalue weighted by atomic mass is 10.2. The second-order valence-corrected chi connectivity index (χ2v) is 3.23. The summed E-state index contributed by atoms with van der Waals surface area (Å²) in [6.07, 6.45) is 1.31. The summed E-state index contributed by atoms with van der Waals surface area (Å²) in [4.78, 5) is 0. The van der Waals surface area contributed by atoms with E-state index < -0.39 is 34.8 Å². The lowest BCUT2D eigenvalue weighted by Crippen LogP contribution is -2.06. The van der Waals surface area contributed by atoms with Gasteiger partial charge in [-0.1, -0.05) is 0 Å². The van der Waals surface area contributed by atoms with E-state index in [0.29, 0.717) is 18.6 Å². The van der Waals surface area contributed by atoms with Crippen molar-refractivity contribution in [2.45, 2.75) is 12.8 Å². The molecule has 7 heteroatoms. The molecule has 0 unspecified atom stereocenters. The van der Waals surface area contributed by atoms with Crippen molar-refractivity contribution < 1.29 is 22.0 Å². The van der Waals surface area contributed by atoms with Gasteiger partial charge >= 0.3 is 0 Å². The average molecular weight is 236 g/mol. The number of nitrogens with zero attached hydrogens (tertiary/aromatic N) is 1. The van der Waals surface area contributed by atoms with Gasteiger partial charge in [0.2, 0.25) is 5.82 Å². The van der Waals surface area contributed by atoms with Crippen LogP contribution in [0.5, 0.6) is 0 Å². The molecule has 0 spiro atoms. The number of halogens is 5. The van der Waals surface area contributed by atoms with E-state index in [0.717, 1.165) is 0 Å². The van der Waals surface area contributed by atoms with Crippen LogP contribution in [0.15, 0.2) is 5.10 Å². The molecule has 1 aromatic rings. The minimum Gasteiger partial charge on any atom is -0.272 e. The van der Waals surface area contributed by atoms with Gasteiger partial charge in [-0.05, 0) is 12.8 Å². The van der Waals surface area contributed by atoms with Gasteiger partial charge in [-0.3, -0.25) is 5.43 Å². The molecule has 0 radical (unpaired) electrons. The molecule has 0 atom stereocenters. The molecule has 0 heterocycles.